The van der Waals surface area contributed by atoms with Gasteiger partial charge >= 0.3 is 0 Å². The fourth-order valence-corrected chi connectivity index (χ4v) is 1.86. The second-order valence-corrected chi connectivity index (χ2v) is 3.49. The van der Waals surface area contributed by atoms with Crippen LogP contribution in [0.1, 0.15) is 0 Å². The van der Waals surface area contributed by atoms with Crippen LogP contribution >= 0.6 is 0 Å². The fraction of sp³-hybridized carbons (Fsp3) is 0. The maximum atomic E-state index is 7.08. The molecule has 1 aliphatic rings. The van der Waals surface area contributed by atoms with Crippen molar-refractivity contribution in [1.82, 2.24) is 0 Å². The van der Waals surface area contributed by atoms with Crippen molar-refractivity contribution in [1.29, 1.82) is 5.41 Å². The normalized spacial score (nSPS) is 11.2. The lowest BCUT2D eigenvalue weighted by Crippen LogP contribution is -1.98. The Morgan fingerprint density at radius 1 is 1.00 bits per heavy atom. The molecule has 0 unspecified atom stereocenters. The molecule has 0 fully saturated rings. The number of benzene rings is 2. The number of para-hydroxylation sites is 1. The van der Waals surface area contributed by atoms with Crippen molar-refractivity contribution in [3.63, 3.8) is 0 Å². The summed E-state index contributed by atoms with van der Waals surface area (Å²) in [6.07, 6.45) is 0. The molecular weight excluding hydrogens is 184 g/mol. The SMILES string of the molecule is N=C=c1ccc2c(c1)N=c1ccccc1=2. The summed E-state index contributed by atoms with van der Waals surface area (Å²) in [6, 6.07) is 13.9. The molecule has 15 heavy (non-hydrogen) atoms. The Morgan fingerprint density at radius 3 is 2.73 bits per heavy atom. The van der Waals surface area contributed by atoms with Gasteiger partial charge in [-0.25, -0.2) is 4.99 Å². The third-order valence-electron chi connectivity index (χ3n) is 2.58. The molecule has 70 valence electrons. The number of nitrogens with one attached hydrogen (secondary N) is 1. The van der Waals surface area contributed by atoms with E-state index in [1.165, 1.54) is 5.22 Å². The molecule has 0 aliphatic carbocycles. The first kappa shape index (κ1) is 8.16. The number of hydrogen-bond donors (Lipinski definition) is 1. The zero-order chi connectivity index (χ0) is 10.3. The van der Waals surface area contributed by atoms with Gasteiger partial charge in [-0.1, -0.05) is 24.3 Å². The lowest BCUT2D eigenvalue weighted by atomic mass is 10.2. The van der Waals surface area contributed by atoms with Crippen LogP contribution < -0.4 is 10.6 Å². The Bertz CT molecular complexity index is 769. The summed E-state index contributed by atoms with van der Waals surface area (Å²) >= 11 is 0. The van der Waals surface area contributed by atoms with Crippen molar-refractivity contribution in [3.8, 4) is 0 Å². The van der Waals surface area contributed by atoms with E-state index >= 15 is 0 Å². The molecule has 2 heteroatoms. The van der Waals surface area contributed by atoms with Crippen LogP contribution in [0.15, 0.2) is 47.5 Å². The first-order valence-electron chi connectivity index (χ1n) is 4.76. The van der Waals surface area contributed by atoms with Crippen molar-refractivity contribution in [2.24, 2.45) is 4.99 Å². The van der Waals surface area contributed by atoms with E-state index in [9.17, 15) is 0 Å². The quantitative estimate of drug-likeness (QED) is 0.519. The Balaban J connectivity index is 2.62. The predicted molar refractivity (Wildman–Crippen MR) is 57.8 cm³/mol. The van der Waals surface area contributed by atoms with Crippen LogP contribution in [0.4, 0.5) is 5.69 Å². The van der Waals surface area contributed by atoms with Crippen LogP contribution in [-0.4, -0.2) is 5.87 Å². The second kappa shape index (κ2) is 2.91. The molecule has 0 atom stereocenters. The number of rotatable bonds is 0. The molecule has 2 aromatic rings. The minimum atomic E-state index is 0.769. The molecule has 0 spiro atoms. The minimum Gasteiger partial charge on any atom is -0.258 e. The van der Waals surface area contributed by atoms with Crippen molar-refractivity contribution in [2.45, 2.75) is 0 Å². The monoisotopic (exact) mass is 192 g/mol. The zero-order valence-corrected chi connectivity index (χ0v) is 7.99. The van der Waals surface area contributed by atoms with Gasteiger partial charge in [0.25, 0.3) is 0 Å². The number of nitrogens with zero attached hydrogens (tertiary/aromatic N) is 1. The summed E-state index contributed by atoms with van der Waals surface area (Å²) in [4.78, 5) is 4.50. The topological polar surface area (TPSA) is 36.2 Å². The largest absolute Gasteiger partial charge is 0.258 e. The summed E-state index contributed by atoms with van der Waals surface area (Å²) in [5.41, 5.74) is 0.938. The van der Waals surface area contributed by atoms with E-state index in [0.717, 1.165) is 21.5 Å². The van der Waals surface area contributed by atoms with Crippen molar-refractivity contribution < 1.29 is 0 Å². The van der Waals surface area contributed by atoms with Gasteiger partial charge in [-0.2, -0.15) is 0 Å². The van der Waals surface area contributed by atoms with E-state index in [0.29, 0.717) is 0 Å². The average molecular weight is 192 g/mol. The highest BCUT2D eigenvalue weighted by atomic mass is 14.7. The molecule has 0 saturated heterocycles. The molecule has 3 rings (SSSR count). The van der Waals surface area contributed by atoms with E-state index in [1.807, 2.05) is 36.4 Å². The summed E-state index contributed by atoms with van der Waals surface area (Å²) in [5, 5.41) is 11.2. The number of hydrogen-bond acceptors (Lipinski definition) is 2. The minimum absolute atomic E-state index is 0.769. The van der Waals surface area contributed by atoms with Gasteiger partial charge in [-0.05, 0) is 24.1 Å². The molecule has 2 nitrogen and oxygen atoms in total. The van der Waals surface area contributed by atoms with Crippen molar-refractivity contribution >= 4 is 11.6 Å². The second-order valence-electron chi connectivity index (χ2n) is 3.49. The maximum Gasteiger partial charge on any atom is 0.0729 e. The molecule has 0 bridgehead atoms. The summed E-state index contributed by atoms with van der Waals surface area (Å²) < 4.78 is 0. The Hall–Kier alpha value is -2.18. The molecule has 0 aromatic heterocycles. The molecule has 1 N–H and O–H groups in total. The first-order valence-corrected chi connectivity index (χ1v) is 4.76. The fourth-order valence-electron chi connectivity index (χ4n) is 1.86. The van der Waals surface area contributed by atoms with E-state index < -0.39 is 0 Å². The van der Waals surface area contributed by atoms with Crippen LogP contribution in [0.3, 0.4) is 0 Å². The maximum absolute atomic E-state index is 7.08. The molecule has 1 aliphatic heterocycles. The van der Waals surface area contributed by atoms with Gasteiger partial charge in [-0.3, -0.25) is 5.41 Å². The van der Waals surface area contributed by atoms with Crippen molar-refractivity contribution in [3.05, 3.63) is 63.5 Å². The van der Waals surface area contributed by atoms with Gasteiger partial charge in [0.15, 0.2) is 0 Å². The Morgan fingerprint density at radius 2 is 1.87 bits per heavy atom. The highest BCUT2D eigenvalue weighted by Crippen LogP contribution is 2.14. The third-order valence-corrected chi connectivity index (χ3v) is 2.58. The highest BCUT2D eigenvalue weighted by molar-refractivity contribution is 5.53. The van der Waals surface area contributed by atoms with Crippen LogP contribution in [0, 0.1) is 15.8 Å². The van der Waals surface area contributed by atoms with Gasteiger partial charge in [0.1, 0.15) is 0 Å². The predicted octanol–water partition coefficient (Wildman–Crippen LogP) is 1.16. The molecule has 0 amide bonds. The first-order chi connectivity index (χ1) is 7.38. The highest BCUT2D eigenvalue weighted by Gasteiger charge is 2.01. The zero-order valence-electron chi connectivity index (χ0n) is 7.99. The van der Waals surface area contributed by atoms with E-state index in [2.05, 4.69) is 16.9 Å². The van der Waals surface area contributed by atoms with Gasteiger partial charge < -0.3 is 0 Å². The summed E-state index contributed by atoms with van der Waals surface area (Å²) in [7, 11) is 0. The van der Waals surface area contributed by atoms with E-state index in [4.69, 9.17) is 5.41 Å². The number of fused-ring (bicyclic) bond motifs is 2. The van der Waals surface area contributed by atoms with Crippen LogP contribution in [0.25, 0.3) is 0 Å². The van der Waals surface area contributed by atoms with Gasteiger partial charge in [-0.15, -0.1) is 0 Å². The van der Waals surface area contributed by atoms with Crippen LogP contribution in [0.2, 0.25) is 0 Å². The third kappa shape index (κ3) is 1.13. The Kier molecular flexibility index (Phi) is 1.58. The Labute approximate surface area is 86.0 Å². The smallest absolute Gasteiger partial charge is 0.0729 e. The van der Waals surface area contributed by atoms with E-state index in [1.54, 1.807) is 0 Å². The van der Waals surface area contributed by atoms with Gasteiger partial charge in [0.2, 0.25) is 0 Å². The molecule has 0 saturated carbocycles. The van der Waals surface area contributed by atoms with Gasteiger partial charge in [0.05, 0.1) is 11.0 Å². The van der Waals surface area contributed by atoms with Crippen molar-refractivity contribution in [2.75, 3.05) is 0 Å². The summed E-state index contributed by atoms with van der Waals surface area (Å²) in [5.74, 6) is 2.37. The standard InChI is InChI=1S/C13H8N2/c14-8-9-5-6-11-10-3-1-2-4-12(10)15-13(11)7-9/h1-7,14H. The molecule has 2 aromatic carbocycles. The summed E-state index contributed by atoms with van der Waals surface area (Å²) in [6.45, 7) is 0. The van der Waals surface area contributed by atoms with Crippen LogP contribution in [0.5, 0.6) is 0 Å². The molecule has 1 heterocycles. The van der Waals surface area contributed by atoms with Crippen LogP contribution in [-0.2, 0) is 0 Å². The molecular formula is C13H8N2. The van der Waals surface area contributed by atoms with Gasteiger partial charge in [0, 0.05) is 15.7 Å². The molecule has 0 radical (unpaired) electrons. The van der Waals surface area contributed by atoms with E-state index in [-0.39, 0.29) is 0 Å². The average Bonchev–Trinajstić information content (AvgIpc) is 2.66. The lowest BCUT2D eigenvalue weighted by Gasteiger charge is -1.88. The lowest BCUT2D eigenvalue weighted by molar-refractivity contribution is 1.37.